The Morgan fingerprint density at radius 1 is 1.45 bits per heavy atom. The molecule has 122 valence electrons. The van der Waals surface area contributed by atoms with Crippen molar-refractivity contribution in [2.45, 2.75) is 38.5 Å². The van der Waals surface area contributed by atoms with E-state index in [1.165, 1.54) is 0 Å². The molecule has 0 radical (unpaired) electrons. The van der Waals surface area contributed by atoms with Crippen molar-refractivity contribution in [3.05, 3.63) is 22.8 Å². The molecule has 7 nitrogen and oxygen atoms in total. The molecule has 0 unspecified atom stereocenters. The fourth-order valence-corrected chi connectivity index (χ4v) is 2.27. The quantitative estimate of drug-likeness (QED) is 0.617. The van der Waals surface area contributed by atoms with E-state index < -0.39 is 23.9 Å². The Hall–Kier alpha value is -1.38. The molecule has 0 bridgehead atoms. The van der Waals surface area contributed by atoms with Gasteiger partial charge in [0.25, 0.3) is 0 Å². The largest absolute Gasteiger partial charge is 0.528 e. The van der Waals surface area contributed by atoms with Gasteiger partial charge in [-0.1, -0.05) is 0 Å². The van der Waals surface area contributed by atoms with Crippen LogP contribution in [0.4, 0.5) is 10.6 Å². The van der Waals surface area contributed by atoms with Crippen molar-refractivity contribution in [2.24, 2.45) is 0 Å². The second-order valence-corrected chi connectivity index (χ2v) is 7.01. The fourth-order valence-electron chi connectivity index (χ4n) is 2.04. The highest BCUT2D eigenvalue weighted by atomic mass is 79.9. The summed E-state index contributed by atoms with van der Waals surface area (Å²) in [5.74, 6) is 0.754. The van der Waals surface area contributed by atoms with Gasteiger partial charge in [0.2, 0.25) is 0 Å². The average molecular weight is 374 g/mol. The van der Waals surface area contributed by atoms with Gasteiger partial charge in [0.05, 0.1) is 12.1 Å². The highest BCUT2D eigenvalue weighted by Gasteiger charge is 2.33. The lowest BCUT2D eigenvalue weighted by Crippen LogP contribution is -2.41. The molecule has 1 saturated heterocycles. The second-order valence-electron chi connectivity index (χ2n) is 6.10. The van der Waals surface area contributed by atoms with Gasteiger partial charge in [-0.25, -0.2) is 9.78 Å². The van der Waals surface area contributed by atoms with Gasteiger partial charge in [0, 0.05) is 23.8 Å². The Kier molecular flexibility index (Phi) is 5.25. The highest BCUT2D eigenvalue weighted by Crippen LogP contribution is 2.20. The molecule has 22 heavy (non-hydrogen) atoms. The average Bonchev–Trinajstić information content (AvgIpc) is 2.77. The van der Waals surface area contributed by atoms with Crippen molar-refractivity contribution in [3.8, 4) is 0 Å². The summed E-state index contributed by atoms with van der Waals surface area (Å²) in [6, 6.07) is 3.33. The van der Waals surface area contributed by atoms with Crippen LogP contribution in [0.15, 0.2) is 22.8 Å². The lowest BCUT2D eigenvalue weighted by Gasteiger charge is -2.20. The molecule has 0 aliphatic carbocycles. The van der Waals surface area contributed by atoms with Gasteiger partial charge in [-0.2, -0.15) is 0 Å². The van der Waals surface area contributed by atoms with Gasteiger partial charge >= 0.3 is 6.16 Å². The number of aliphatic hydroxyl groups excluding tert-OH is 1. The number of aliphatic hydroxyl groups is 1. The Morgan fingerprint density at radius 2 is 2.18 bits per heavy atom. The third kappa shape index (κ3) is 4.82. The van der Waals surface area contributed by atoms with Crippen LogP contribution in [-0.4, -0.2) is 47.1 Å². The van der Waals surface area contributed by atoms with Crippen LogP contribution in [0.25, 0.3) is 0 Å². The molecule has 8 heteroatoms. The number of carbonyl (C=O) groups is 1. The smallest absolute Gasteiger partial charge is 0.427 e. The van der Waals surface area contributed by atoms with Crippen LogP contribution in [0.5, 0.6) is 0 Å². The van der Waals surface area contributed by atoms with Crippen LogP contribution in [0.2, 0.25) is 0 Å². The van der Waals surface area contributed by atoms with Crippen LogP contribution in [0, 0.1) is 0 Å². The summed E-state index contributed by atoms with van der Waals surface area (Å²) >= 11 is 3.33. The minimum absolute atomic E-state index is 0.405. The molecule has 2 rings (SSSR count). The van der Waals surface area contributed by atoms with Crippen molar-refractivity contribution in [1.82, 2.24) is 10.5 Å². The molecule has 1 fully saturated rings. The summed E-state index contributed by atoms with van der Waals surface area (Å²) in [5, 5.41) is 10.0. The lowest BCUT2D eigenvalue weighted by molar-refractivity contribution is -0.0466. The number of carbonyl (C=O) groups excluding carboxylic acids is 1. The van der Waals surface area contributed by atoms with Crippen molar-refractivity contribution < 1.29 is 19.5 Å². The molecular formula is C14H20BrN3O4. The first kappa shape index (κ1) is 17.0. The van der Waals surface area contributed by atoms with E-state index in [1.54, 1.807) is 27.0 Å². The molecule has 2 atom stereocenters. The highest BCUT2D eigenvalue weighted by molar-refractivity contribution is 9.10. The molecule has 0 amide bonds. The summed E-state index contributed by atoms with van der Waals surface area (Å²) in [7, 11) is 0. The predicted molar refractivity (Wildman–Crippen MR) is 84.4 cm³/mol. The molecule has 1 aromatic rings. The van der Waals surface area contributed by atoms with Crippen LogP contribution in [-0.2, 0) is 9.57 Å². The summed E-state index contributed by atoms with van der Waals surface area (Å²) in [4.78, 5) is 22.5. The number of hydroxylamine groups is 1. The first-order valence-corrected chi connectivity index (χ1v) is 7.74. The standard InChI is InChI=1S/C14H20BrN3O4/c1-14(2,3)21-13(20)22-17-10-7-18(8-11(10)19)12-5-4-9(15)6-16-12/h4-6,10-11,17,19H,7-8H2,1-3H3/t10-,11+/m0/s1. The third-order valence-electron chi connectivity index (χ3n) is 3.01. The Labute approximate surface area is 137 Å². The third-order valence-corrected chi connectivity index (χ3v) is 3.48. The zero-order valence-corrected chi connectivity index (χ0v) is 14.3. The summed E-state index contributed by atoms with van der Waals surface area (Å²) < 4.78 is 5.91. The van der Waals surface area contributed by atoms with E-state index in [9.17, 15) is 9.90 Å². The summed E-state index contributed by atoms with van der Waals surface area (Å²) in [6.07, 6.45) is 0.201. The minimum Gasteiger partial charge on any atom is -0.427 e. The van der Waals surface area contributed by atoms with Crippen molar-refractivity contribution in [1.29, 1.82) is 0 Å². The maximum absolute atomic E-state index is 11.5. The Morgan fingerprint density at radius 3 is 2.77 bits per heavy atom. The zero-order valence-electron chi connectivity index (χ0n) is 12.7. The van der Waals surface area contributed by atoms with Crippen molar-refractivity contribution >= 4 is 27.9 Å². The van der Waals surface area contributed by atoms with E-state index in [-0.39, 0.29) is 0 Å². The minimum atomic E-state index is -0.820. The van der Waals surface area contributed by atoms with Crippen molar-refractivity contribution in [2.75, 3.05) is 18.0 Å². The monoisotopic (exact) mass is 373 g/mol. The maximum Gasteiger partial charge on any atom is 0.528 e. The van der Waals surface area contributed by atoms with E-state index in [2.05, 4.69) is 26.4 Å². The zero-order chi connectivity index (χ0) is 16.3. The van der Waals surface area contributed by atoms with Gasteiger partial charge in [0.15, 0.2) is 0 Å². The molecule has 1 aliphatic rings. The van der Waals surface area contributed by atoms with Gasteiger partial charge < -0.3 is 19.6 Å². The molecule has 2 heterocycles. The Balaban J connectivity index is 1.86. The number of ether oxygens (including phenoxy) is 1. The summed E-state index contributed by atoms with van der Waals surface area (Å²) in [5.41, 5.74) is 1.94. The number of nitrogens with zero attached hydrogens (tertiary/aromatic N) is 2. The van der Waals surface area contributed by atoms with E-state index in [0.29, 0.717) is 13.1 Å². The van der Waals surface area contributed by atoms with Crippen LogP contribution >= 0.6 is 15.9 Å². The Bertz CT molecular complexity index is 518. The number of halogens is 1. The molecular weight excluding hydrogens is 354 g/mol. The molecule has 1 aliphatic heterocycles. The van der Waals surface area contributed by atoms with Gasteiger partial charge in [-0.3, -0.25) is 0 Å². The maximum atomic E-state index is 11.5. The van der Waals surface area contributed by atoms with Crippen LogP contribution < -0.4 is 10.4 Å². The molecule has 1 aromatic heterocycles. The van der Waals surface area contributed by atoms with E-state index >= 15 is 0 Å². The molecule has 2 N–H and O–H groups in total. The molecule has 0 aromatic carbocycles. The number of rotatable bonds is 3. The first-order chi connectivity index (χ1) is 10.2. The number of pyridine rings is 1. The summed E-state index contributed by atoms with van der Waals surface area (Å²) in [6.45, 7) is 6.13. The topological polar surface area (TPSA) is 83.9 Å². The lowest BCUT2D eigenvalue weighted by atomic mass is 10.2. The van der Waals surface area contributed by atoms with E-state index in [0.717, 1.165) is 10.3 Å². The van der Waals surface area contributed by atoms with Gasteiger partial charge in [0.1, 0.15) is 11.4 Å². The fraction of sp³-hybridized carbons (Fsp3) is 0.571. The SMILES string of the molecule is CC(C)(C)OC(=O)ON[C@H]1CN(c2ccc(Br)cn2)C[C@H]1O. The van der Waals surface area contributed by atoms with E-state index in [1.807, 2.05) is 17.0 Å². The normalized spacial score (nSPS) is 21.8. The number of aromatic nitrogens is 1. The molecule has 0 spiro atoms. The number of anilines is 1. The van der Waals surface area contributed by atoms with Crippen molar-refractivity contribution in [3.63, 3.8) is 0 Å². The van der Waals surface area contributed by atoms with Crippen LogP contribution in [0.1, 0.15) is 20.8 Å². The van der Waals surface area contributed by atoms with Gasteiger partial charge in [-0.05, 0) is 48.8 Å². The number of nitrogens with one attached hydrogen (secondary N) is 1. The number of β-amino-alcohol motifs (C(OH)–C–C–N with tert-alkyl or cyclic N) is 1. The molecule has 0 saturated carbocycles. The predicted octanol–water partition coefficient (Wildman–Crippen LogP) is 1.85. The second kappa shape index (κ2) is 6.80. The van der Waals surface area contributed by atoms with E-state index in [4.69, 9.17) is 9.57 Å². The van der Waals surface area contributed by atoms with Crippen LogP contribution in [0.3, 0.4) is 0 Å². The van der Waals surface area contributed by atoms with Gasteiger partial charge in [-0.15, -0.1) is 5.48 Å². The first-order valence-electron chi connectivity index (χ1n) is 6.94. The number of hydrogen-bond donors (Lipinski definition) is 2. The number of hydrogen-bond acceptors (Lipinski definition) is 7.